The first kappa shape index (κ1) is 29.0. The zero-order valence-electron chi connectivity index (χ0n) is 22.9. The molecule has 0 saturated heterocycles. The minimum absolute atomic E-state index is 0.106. The summed E-state index contributed by atoms with van der Waals surface area (Å²) in [6.07, 6.45) is 3.88. The van der Waals surface area contributed by atoms with Gasteiger partial charge in [-0.1, -0.05) is 95.5 Å². The average molecular weight is 599 g/mol. The molecule has 0 spiro atoms. The van der Waals surface area contributed by atoms with Crippen molar-refractivity contribution >= 4 is 44.8 Å². The van der Waals surface area contributed by atoms with Crippen LogP contribution < -0.4 is 15.4 Å². The molecule has 2 aromatic heterocycles. The number of unbranched alkanes of at least 4 members (excludes halogenated alkanes) is 1. The van der Waals surface area contributed by atoms with E-state index in [-0.39, 0.29) is 18.2 Å². The van der Waals surface area contributed by atoms with Crippen molar-refractivity contribution in [2.24, 2.45) is 0 Å². The van der Waals surface area contributed by atoms with Gasteiger partial charge in [-0.15, -0.1) is 20.4 Å². The molecular formula is C31H30N6O3S2. The van der Waals surface area contributed by atoms with E-state index in [9.17, 15) is 9.59 Å². The number of aromatic nitrogens is 4. The number of anilines is 2. The number of hydrogen-bond acceptors (Lipinski definition) is 9. The average Bonchev–Trinajstić information content (AvgIpc) is 3.65. The number of carbonyl (C=O) groups excluding carboxylic acids is 2. The van der Waals surface area contributed by atoms with Gasteiger partial charge < -0.3 is 15.4 Å². The van der Waals surface area contributed by atoms with Gasteiger partial charge in [0, 0.05) is 12.8 Å². The zero-order valence-corrected chi connectivity index (χ0v) is 24.5. The highest BCUT2D eigenvalue weighted by Gasteiger charge is 2.11. The SMILES string of the molecule is O=C(Cc1ccccc1)Nc1nnc(CCCCc2nnc(NC(=O)Cc3ccc(OCc4ccccc4)cc3)s2)s1. The molecule has 0 aliphatic heterocycles. The molecular weight excluding hydrogens is 569 g/mol. The maximum Gasteiger partial charge on any atom is 0.230 e. The van der Waals surface area contributed by atoms with Crippen molar-refractivity contribution in [2.45, 2.75) is 45.1 Å². The van der Waals surface area contributed by atoms with Crippen LogP contribution >= 0.6 is 22.7 Å². The van der Waals surface area contributed by atoms with Crippen LogP contribution in [0.25, 0.3) is 0 Å². The molecule has 0 fully saturated rings. The molecule has 9 nitrogen and oxygen atoms in total. The first-order valence-electron chi connectivity index (χ1n) is 13.6. The van der Waals surface area contributed by atoms with Crippen LogP contribution in [0.3, 0.4) is 0 Å². The maximum absolute atomic E-state index is 12.5. The molecule has 5 aromatic rings. The maximum atomic E-state index is 12.5. The van der Waals surface area contributed by atoms with Gasteiger partial charge in [0.2, 0.25) is 22.1 Å². The molecule has 2 N–H and O–H groups in total. The standard InChI is InChI=1S/C31H30N6O3S2/c38-26(19-22-9-3-1-4-10-22)32-30-36-34-28(41-30)13-7-8-14-29-35-37-31(42-29)33-27(39)20-23-15-17-25(18-16-23)40-21-24-11-5-2-6-12-24/h1-6,9-12,15-18H,7-8,13-14,19-21H2,(H,32,36,38)(H,33,37,39). The van der Waals surface area contributed by atoms with E-state index in [0.717, 1.165) is 58.1 Å². The summed E-state index contributed by atoms with van der Waals surface area (Å²) in [5.41, 5.74) is 2.94. The fraction of sp³-hybridized carbons (Fsp3) is 0.226. The predicted molar refractivity (Wildman–Crippen MR) is 165 cm³/mol. The molecule has 0 unspecified atom stereocenters. The molecule has 0 aliphatic rings. The molecule has 0 radical (unpaired) electrons. The Morgan fingerprint density at radius 2 is 1.07 bits per heavy atom. The summed E-state index contributed by atoms with van der Waals surface area (Å²) in [7, 11) is 0. The highest BCUT2D eigenvalue weighted by Crippen LogP contribution is 2.21. The summed E-state index contributed by atoms with van der Waals surface area (Å²) in [6, 6.07) is 27.1. The lowest BCUT2D eigenvalue weighted by Crippen LogP contribution is -2.14. The zero-order chi connectivity index (χ0) is 29.0. The molecule has 0 bridgehead atoms. The summed E-state index contributed by atoms with van der Waals surface area (Å²) in [4.78, 5) is 24.8. The second kappa shape index (κ2) is 14.9. The van der Waals surface area contributed by atoms with Crippen LogP contribution in [0.5, 0.6) is 5.75 Å². The Hall–Kier alpha value is -4.48. The van der Waals surface area contributed by atoms with E-state index in [4.69, 9.17) is 4.74 Å². The largest absolute Gasteiger partial charge is 0.489 e. The fourth-order valence-electron chi connectivity index (χ4n) is 4.10. The minimum atomic E-state index is -0.140. The van der Waals surface area contributed by atoms with Gasteiger partial charge in [-0.2, -0.15) is 0 Å². The number of carbonyl (C=O) groups is 2. The quantitative estimate of drug-likeness (QED) is 0.153. The van der Waals surface area contributed by atoms with Crippen LogP contribution in [0.4, 0.5) is 10.3 Å². The third-order valence-electron chi connectivity index (χ3n) is 6.20. The van der Waals surface area contributed by atoms with E-state index in [1.54, 1.807) is 0 Å². The number of amides is 2. The molecule has 3 aromatic carbocycles. The van der Waals surface area contributed by atoms with Gasteiger partial charge in [0.25, 0.3) is 0 Å². The van der Waals surface area contributed by atoms with Gasteiger partial charge in [-0.3, -0.25) is 9.59 Å². The van der Waals surface area contributed by atoms with Crippen molar-refractivity contribution < 1.29 is 14.3 Å². The Morgan fingerprint density at radius 3 is 1.60 bits per heavy atom. The molecule has 11 heteroatoms. The number of nitrogens with zero attached hydrogens (tertiary/aromatic N) is 4. The molecule has 214 valence electrons. The van der Waals surface area contributed by atoms with Gasteiger partial charge in [0.1, 0.15) is 22.4 Å². The van der Waals surface area contributed by atoms with E-state index in [2.05, 4.69) is 31.0 Å². The van der Waals surface area contributed by atoms with Crippen molar-refractivity contribution in [3.63, 3.8) is 0 Å². The fourth-order valence-corrected chi connectivity index (χ4v) is 5.70. The predicted octanol–water partition coefficient (Wildman–Crippen LogP) is 5.90. The van der Waals surface area contributed by atoms with Crippen molar-refractivity contribution in [1.82, 2.24) is 20.4 Å². The van der Waals surface area contributed by atoms with E-state index in [1.165, 1.54) is 22.7 Å². The van der Waals surface area contributed by atoms with Crippen LogP contribution in [-0.4, -0.2) is 32.2 Å². The van der Waals surface area contributed by atoms with Gasteiger partial charge in [0.15, 0.2) is 0 Å². The number of ether oxygens (including phenoxy) is 1. The Bertz CT molecular complexity index is 1570. The smallest absolute Gasteiger partial charge is 0.230 e. The number of aryl methyl sites for hydroxylation is 2. The first-order chi connectivity index (χ1) is 20.6. The van der Waals surface area contributed by atoms with Crippen molar-refractivity contribution in [3.05, 3.63) is 112 Å². The third-order valence-corrected chi connectivity index (χ3v) is 8.00. The van der Waals surface area contributed by atoms with Gasteiger partial charge in [-0.25, -0.2) is 0 Å². The summed E-state index contributed by atoms with van der Waals surface area (Å²) in [6.45, 7) is 0.498. The summed E-state index contributed by atoms with van der Waals surface area (Å²) in [5, 5.41) is 25.0. The third kappa shape index (κ3) is 9.28. The Morgan fingerprint density at radius 1 is 0.595 bits per heavy atom. The van der Waals surface area contributed by atoms with Crippen molar-refractivity contribution in [2.75, 3.05) is 10.6 Å². The van der Waals surface area contributed by atoms with Crippen LogP contribution in [0.2, 0.25) is 0 Å². The number of rotatable bonds is 14. The van der Waals surface area contributed by atoms with Gasteiger partial charge in [0.05, 0.1) is 12.8 Å². The van der Waals surface area contributed by atoms with Crippen LogP contribution in [0.1, 0.15) is 39.5 Å². The summed E-state index contributed by atoms with van der Waals surface area (Å²) < 4.78 is 5.81. The molecule has 2 amide bonds. The minimum Gasteiger partial charge on any atom is -0.489 e. The lowest BCUT2D eigenvalue weighted by molar-refractivity contribution is -0.116. The van der Waals surface area contributed by atoms with E-state index < -0.39 is 0 Å². The monoisotopic (exact) mass is 598 g/mol. The molecule has 0 atom stereocenters. The highest BCUT2D eigenvalue weighted by atomic mass is 32.1. The first-order valence-corrected chi connectivity index (χ1v) is 15.3. The van der Waals surface area contributed by atoms with Gasteiger partial charge in [-0.05, 0) is 41.7 Å². The molecule has 0 aliphatic carbocycles. The normalized spacial score (nSPS) is 10.8. The van der Waals surface area contributed by atoms with Crippen LogP contribution in [0.15, 0.2) is 84.9 Å². The molecule has 2 heterocycles. The van der Waals surface area contributed by atoms with Gasteiger partial charge >= 0.3 is 0 Å². The molecule has 5 rings (SSSR count). The summed E-state index contributed by atoms with van der Waals surface area (Å²) >= 11 is 2.79. The topological polar surface area (TPSA) is 119 Å². The second-order valence-corrected chi connectivity index (χ2v) is 11.7. The van der Waals surface area contributed by atoms with E-state index in [0.29, 0.717) is 23.3 Å². The van der Waals surface area contributed by atoms with Crippen LogP contribution in [0, 0.1) is 0 Å². The second-order valence-electron chi connectivity index (χ2n) is 9.56. The lowest BCUT2D eigenvalue weighted by Gasteiger charge is -2.07. The van der Waals surface area contributed by atoms with Crippen molar-refractivity contribution in [3.8, 4) is 5.75 Å². The highest BCUT2D eigenvalue weighted by molar-refractivity contribution is 7.15. The lowest BCUT2D eigenvalue weighted by atomic mass is 10.1. The molecule has 0 saturated carbocycles. The number of nitrogens with one attached hydrogen (secondary N) is 2. The Kier molecular flexibility index (Phi) is 10.3. The number of benzene rings is 3. The number of hydrogen-bond donors (Lipinski definition) is 2. The summed E-state index contributed by atoms with van der Waals surface area (Å²) in [5.74, 6) is 0.512. The Balaban J connectivity index is 0.981. The Labute approximate surface area is 252 Å². The van der Waals surface area contributed by atoms with Crippen LogP contribution in [-0.2, 0) is 41.9 Å². The molecule has 42 heavy (non-hydrogen) atoms. The van der Waals surface area contributed by atoms with E-state index in [1.807, 2.05) is 84.9 Å². The van der Waals surface area contributed by atoms with E-state index >= 15 is 0 Å². The van der Waals surface area contributed by atoms with Crippen molar-refractivity contribution in [1.29, 1.82) is 0 Å².